The van der Waals surface area contributed by atoms with Gasteiger partial charge in [0.25, 0.3) is 0 Å². The quantitative estimate of drug-likeness (QED) is 0.291. The third-order valence-electron chi connectivity index (χ3n) is 4.55. The molecule has 166 valence electrons. The molecule has 1 fully saturated rings. The van der Waals surface area contributed by atoms with E-state index in [1.165, 1.54) is 0 Å². The van der Waals surface area contributed by atoms with Gasteiger partial charge in [0.2, 0.25) is 10.0 Å². The molecule has 0 bridgehead atoms. The number of hydrogen-bond acceptors (Lipinski definition) is 4. The Morgan fingerprint density at radius 2 is 1.90 bits per heavy atom. The average molecular weight is 559 g/mol. The van der Waals surface area contributed by atoms with Crippen LogP contribution >= 0.6 is 35.6 Å². The van der Waals surface area contributed by atoms with Crippen LogP contribution in [0.3, 0.4) is 0 Å². The maximum atomic E-state index is 12.0. The third kappa shape index (κ3) is 8.85. The number of rotatable bonds is 8. The maximum Gasteiger partial charge on any atom is 0.213 e. The Labute approximate surface area is 196 Å². The number of guanidine groups is 1. The topological polar surface area (TPSA) is 83.0 Å². The Bertz CT molecular complexity index is 738. The van der Waals surface area contributed by atoms with Crippen molar-refractivity contribution in [1.29, 1.82) is 0 Å². The molecule has 0 aliphatic carbocycles. The summed E-state index contributed by atoms with van der Waals surface area (Å²) in [6, 6.07) is 7.47. The van der Waals surface area contributed by atoms with Gasteiger partial charge in [0.15, 0.2) is 5.96 Å². The second kappa shape index (κ2) is 12.8. The first-order chi connectivity index (χ1) is 13.3. The first-order valence-electron chi connectivity index (χ1n) is 9.79. The average Bonchev–Trinajstić information content (AvgIpc) is 2.68. The van der Waals surface area contributed by atoms with Gasteiger partial charge >= 0.3 is 0 Å². The molecular weight excluding hydrogens is 527 g/mol. The molecule has 1 aliphatic heterocycles. The van der Waals surface area contributed by atoms with Crippen molar-refractivity contribution in [2.75, 3.05) is 31.9 Å². The number of halogens is 2. The van der Waals surface area contributed by atoms with Crippen molar-refractivity contribution in [2.24, 2.45) is 4.99 Å². The first kappa shape index (κ1) is 26.3. The van der Waals surface area contributed by atoms with Crippen LogP contribution in [-0.4, -0.2) is 62.8 Å². The lowest BCUT2D eigenvalue weighted by Crippen LogP contribution is -2.50. The smallest absolute Gasteiger partial charge is 0.213 e. The first-order valence-corrected chi connectivity index (χ1v) is 11.8. The SMILES string of the molecule is CCNC(=NCC(C)Oc1ccc(Cl)cc1)NC1CCN(S(=O)(=O)CC)CC1.I. The summed E-state index contributed by atoms with van der Waals surface area (Å²) in [7, 11) is -3.10. The fraction of sp³-hybridized carbons (Fsp3) is 0.632. The Morgan fingerprint density at radius 1 is 1.28 bits per heavy atom. The zero-order valence-electron chi connectivity index (χ0n) is 17.2. The zero-order chi connectivity index (χ0) is 20.6. The van der Waals surface area contributed by atoms with Gasteiger partial charge in [0.1, 0.15) is 11.9 Å². The lowest BCUT2D eigenvalue weighted by atomic mass is 10.1. The van der Waals surface area contributed by atoms with Crippen LogP contribution in [-0.2, 0) is 10.0 Å². The predicted molar refractivity (Wildman–Crippen MR) is 130 cm³/mol. The minimum absolute atomic E-state index is 0. The molecule has 0 radical (unpaired) electrons. The van der Waals surface area contributed by atoms with E-state index >= 15 is 0 Å². The molecule has 0 aromatic heterocycles. The summed E-state index contributed by atoms with van der Waals surface area (Å²) in [4.78, 5) is 4.62. The zero-order valence-corrected chi connectivity index (χ0v) is 21.1. The van der Waals surface area contributed by atoms with E-state index in [1.54, 1.807) is 23.4 Å². The molecule has 2 N–H and O–H groups in total. The molecule has 0 spiro atoms. The highest BCUT2D eigenvalue weighted by molar-refractivity contribution is 14.0. The number of nitrogens with one attached hydrogen (secondary N) is 2. The van der Waals surface area contributed by atoms with Crippen molar-refractivity contribution in [3.8, 4) is 5.75 Å². The third-order valence-corrected chi connectivity index (χ3v) is 6.69. The molecule has 0 saturated carbocycles. The van der Waals surface area contributed by atoms with Gasteiger partial charge < -0.3 is 15.4 Å². The van der Waals surface area contributed by atoms with Gasteiger partial charge in [0.05, 0.1) is 12.3 Å². The van der Waals surface area contributed by atoms with Crippen LogP contribution in [0.5, 0.6) is 5.75 Å². The van der Waals surface area contributed by atoms with E-state index in [9.17, 15) is 8.42 Å². The highest BCUT2D eigenvalue weighted by Gasteiger charge is 2.27. The Kier molecular flexibility index (Phi) is 11.6. The molecule has 1 aliphatic rings. The van der Waals surface area contributed by atoms with Gasteiger partial charge in [-0.3, -0.25) is 0 Å². The van der Waals surface area contributed by atoms with Gasteiger partial charge in [-0.05, 0) is 57.9 Å². The second-order valence-corrected chi connectivity index (χ2v) is 9.51. The normalized spacial score (nSPS) is 17.3. The molecule has 1 heterocycles. The van der Waals surface area contributed by atoms with Gasteiger partial charge in [-0.15, -0.1) is 24.0 Å². The van der Waals surface area contributed by atoms with Crippen LogP contribution in [0, 0.1) is 0 Å². The van der Waals surface area contributed by atoms with E-state index in [-0.39, 0.29) is 41.9 Å². The monoisotopic (exact) mass is 558 g/mol. The van der Waals surface area contributed by atoms with Crippen molar-refractivity contribution in [2.45, 2.75) is 45.8 Å². The van der Waals surface area contributed by atoms with E-state index in [0.717, 1.165) is 31.1 Å². The van der Waals surface area contributed by atoms with Crippen molar-refractivity contribution in [3.05, 3.63) is 29.3 Å². The number of aliphatic imine (C=N–C) groups is 1. The van der Waals surface area contributed by atoms with E-state index < -0.39 is 10.0 Å². The minimum atomic E-state index is -3.10. The van der Waals surface area contributed by atoms with Crippen LogP contribution in [0.25, 0.3) is 0 Å². The maximum absolute atomic E-state index is 12.0. The number of benzene rings is 1. The second-order valence-electron chi connectivity index (χ2n) is 6.82. The minimum Gasteiger partial charge on any atom is -0.489 e. The van der Waals surface area contributed by atoms with E-state index in [0.29, 0.717) is 24.7 Å². The summed E-state index contributed by atoms with van der Waals surface area (Å²) in [5.74, 6) is 1.64. The van der Waals surface area contributed by atoms with Crippen LogP contribution in [0.15, 0.2) is 29.3 Å². The molecule has 7 nitrogen and oxygen atoms in total. The highest BCUT2D eigenvalue weighted by atomic mass is 127. The number of ether oxygens (including phenoxy) is 1. The van der Waals surface area contributed by atoms with E-state index in [4.69, 9.17) is 16.3 Å². The van der Waals surface area contributed by atoms with Crippen molar-refractivity contribution in [1.82, 2.24) is 14.9 Å². The molecule has 1 saturated heterocycles. The molecule has 1 aromatic carbocycles. The van der Waals surface area contributed by atoms with Gasteiger partial charge in [-0.2, -0.15) is 0 Å². The summed E-state index contributed by atoms with van der Waals surface area (Å²) >= 11 is 5.89. The molecule has 2 rings (SSSR count). The molecule has 1 unspecified atom stereocenters. The van der Waals surface area contributed by atoms with E-state index in [2.05, 4.69) is 15.6 Å². The van der Waals surface area contributed by atoms with Crippen LogP contribution in [0.4, 0.5) is 0 Å². The summed E-state index contributed by atoms with van der Waals surface area (Å²) in [6.45, 7) is 8.01. The Hall–Kier alpha value is -0.780. The number of piperidine rings is 1. The molecule has 1 aromatic rings. The molecule has 29 heavy (non-hydrogen) atoms. The van der Waals surface area contributed by atoms with Crippen LogP contribution < -0.4 is 15.4 Å². The fourth-order valence-corrected chi connectivity index (χ4v) is 4.24. The summed E-state index contributed by atoms with van der Waals surface area (Å²) in [5.41, 5.74) is 0. The van der Waals surface area contributed by atoms with E-state index in [1.807, 2.05) is 26.0 Å². The summed E-state index contributed by atoms with van der Waals surface area (Å²) in [6.07, 6.45) is 1.44. The van der Waals surface area contributed by atoms with Crippen molar-refractivity contribution < 1.29 is 13.2 Å². The number of sulfonamides is 1. The molecule has 1 atom stereocenters. The summed E-state index contributed by atoms with van der Waals surface area (Å²) < 4.78 is 31.4. The van der Waals surface area contributed by atoms with Crippen molar-refractivity contribution in [3.63, 3.8) is 0 Å². The Morgan fingerprint density at radius 3 is 2.45 bits per heavy atom. The van der Waals surface area contributed by atoms with Gasteiger partial charge in [-0.25, -0.2) is 17.7 Å². The molecular formula is C19H32ClIN4O3S. The largest absolute Gasteiger partial charge is 0.489 e. The fourth-order valence-electron chi connectivity index (χ4n) is 2.98. The number of hydrogen-bond donors (Lipinski definition) is 2. The molecule has 10 heteroatoms. The van der Waals surface area contributed by atoms with Crippen LogP contribution in [0.1, 0.15) is 33.6 Å². The number of nitrogens with zero attached hydrogens (tertiary/aromatic N) is 2. The van der Waals surface area contributed by atoms with Gasteiger partial charge in [-0.1, -0.05) is 11.6 Å². The van der Waals surface area contributed by atoms with Gasteiger partial charge in [0, 0.05) is 30.7 Å². The highest BCUT2D eigenvalue weighted by Crippen LogP contribution is 2.17. The molecule has 0 amide bonds. The summed E-state index contributed by atoms with van der Waals surface area (Å²) in [5, 5.41) is 7.34. The lowest BCUT2D eigenvalue weighted by molar-refractivity contribution is 0.230. The predicted octanol–water partition coefficient (Wildman–Crippen LogP) is 3.09. The van der Waals surface area contributed by atoms with Crippen molar-refractivity contribution >= 4 is 51.6 Å². The standard InChI is InChI=1S/C19H31ClN4O3S.HI/c1-4-21-19(22-14-15(3)27-18-8-6-16(20)7-9-18)23-17-10-12-24(13-11-17)28(25,26)5-2;/h6-9,15,17H,4-5,10-14H2,1-3H3,(H2,21,22,23);1H. The van der Waals surface area contributed by atoms with Crippen LogP contribution in [0.2, 0.25) is 5.02 Å². The lowest BCUT2D eigenvalue weighted by Gasteiger charge is -2.32. The Balaban J connectivity index is 0.00000420.